The number of fused-ring (bicyclic) bond motifs is 2. The van der Waals surface area contributed by atoms with Gasteiger partial charge in [-0.3, -0.25) is 19.0 Å². The van der Waals surface area contributed by atoms with Gasteiger partial charge in [0.1, 0.15) is 11.6 Å². The van der Waals surface area contributed by atoms with E-state index in [9.17, 15) is 14.4 Å². The van der Waals surface area contributed by atoms with E-state index in [1.165, 1.54) is 0 Å². The van der Waals surface area contributed by atoms with E-state index in [1.807, 2.05) is 6.07 Å². The number of carbonyl (C=O) groups is 2. The number of aryl methyl sites for hydroxylation is 1. The number of nitrogens with one attached hydrogen (secondary N) is 1. The van der Waals surface area contributed by atoms with Gasteiger partial charge in [0.15, 0.2) is 0 Å². The lowest BCUT2D eigenvalue weighted by molar-refractivity contribution is -0.146. The van der Waals surface area contributed by atoms with Gasteiger partial charge in [-0.05, 0) is 56.0 Å². The molecule has 34 heavy (non-hydrogen) atoms. The molecule has 3 aromatic rings. The molecule has 1 aromatic carbocycles. The molecule has 0 bridgehead atoms. The Morgan fingerprint density at radius 1 is 1.09 bits per heavy atom. The number of benzene rings is 1. The average molecular weight is 463 g/mol. The van der Waals surface area contributed by atoms with Crippen LogP contribution >= 0.6 is 0 Å². The summed E-state index contributed by atoms with van der Waals surface area (Å²) in [5.74, 6) is 0.180. The smallest absolute Gasteiger partial charge is 0.313 e. The van der Waals surface area contributed by atoms with Gasteiger partial charge in [-0.2, -0.15) is 0 Å². The molecule has 2 amide bonds. The highest BCUT2D eigenvalue weighted by Crippen LogP contribution is 2.25. The Balaban J connectivity index is 1.38. The number of aromatic nitrogens is 2. The molecule has 8 nitrogen and oxygen atoms in total. The lowest BCUT2D eigenvalue weighted by Gasteiger charge is -2.33. The van der Waals surface area contributed by atoms with Crippen LogP contribution in [0.15, 0.2) is 45.8 Å². The largest absolute Gasteiger partial charge is 0.467 e. The molecular weight excluding hydrogens is 432 g/mol. The van der Waals surface area contributed by atoms with Gasteiger partial charge in [-0.25, -0.2) is 4.98 Å². The summed E-state index contributed by atoms with van der Waals surface area (Å²) in [4.78, 5) is 45.7. The molecule has 178 valence electrons. The van der Waals surface area contributed by atoms with Crippen molar-refractivity contribution in [3.63, 3.8) is 0 Å². The lowest BCUT2D eigenvalue weighted by Crippen LogP contribution is -2.46. The summed E-state index contributed by atoms with van der Waals surface area (Å²) < 4.78 is 7.20. The summed E-state index contributed by atoms with van der Waals surface area (Å²) in [6.07, 6.45) is 10.4. The van der Waals surface area contributed by atoms with Crippen molar-refractivity contribution in [3.05, 3.63) is 58.5 Å². The second-order valence-corrected chi connectivity index (χ2v) is 9.29. The first kappa shape index (κ1) is 22.4. The molecule has 0 radical (unpaired) electrons. The standard InChI is InChI=1S/C26H30N4O4/c31-24(26(33)30(17-20-10-7-15-34-20)19-8-3-1-4-9-19)27-18-12-13-22-21(16-18)25(32)29-14-6-2-5-11-23(29)28-22/h7,10,12-13,15-16,19H,1-6,8-9,11,14,17H2,(H,27,31). The summed E-state index contributed by atoms with van der Waals surface area (Å²) in [5, 5.41) is 3.17. The van der Waals surface area contributed by atoms with Crippen molar-refractivity contribution < 1.29 is 14.0 Å². The summed E-state index contributed by atoms with van der Waals surface area (Å²) in [6.45, 7) is 0.925. The van der Waals surface area contributed by atoms with Crippen molar-refractivity contribution in [1.29, 1.82) is 0 Å². The highest BCUT2D eigenvalue weighted by Gasteiger charge is 2.30. The number of anilines is 1. The molecular formula is C26H30N4O4. The van der Waals surface area contributed by atoms with Crippen LogP contribution in [0.1, 0.15) is 63.0 Å². The van der Waals surface area contributed by atoms with Crippen molar-refractivity contribution in [1.82, 2.24) is 14.5 Å². The van der Waals surface area contributed by atoms with Crippen LogP contribution in [0.4, 0.5) is 5.69 Å². The molecule has 0 saturated heterocycles. The number of furan rings is 1. The molecule has 0 spiro atoms. The van der Waals surface area contributed by atoms with Crippen LogP contribution in [0, 0.1) is 0 Å². The normalized spacial score (nSPS) is 16.6. The number of amides is 2. The van der Waals surface area contributed by atoms with E-state index in [0.29, 0.717) is 28.9 Å². The third-order valence-corrected chi connectivity index (χ3v) is 6.95. The van der Waals surface area contributed by atoms with Gasteiger partial charge in [0, 0.05) is 24.7 Å². The number of hydrogen-bond donors (Lipinski definition) is 1. The third-order valence-electron chi connectivity index (χ3n) is 6.95. The minimum atomic E-state index is -0.709. The van der Waals surface area contributed by atoms with Crippen molar-refractivity contribution in [2.75, 3.05) is 5.32 Å². The monoisotopic (exact) mass is 462 g/mol. The van der Waals surface area contributed by atoms with E-state index in [4.69, 9.17) is 4.42 Å². The zero-order valence-corrected chi connectivity index (χ0v) is 19.3. The van der Waals surface area contributed by atoms with E-state index in [-0.39, 0.29) is 18.1 Å². The maximum absolute atomic E-state index is 13.2. The van der Waals surface area contributed by atoms with E-state index in [2.05, 4.69) is 10.3 Å². The first-order chi connectivity index (χ1) is 16.6. The predicted octanol–water partition coefficient (Wildman–Crippen LogP) is 4.02. The van der Waals surface area contributed by atoms with Gasteiger partial charge < -0.3 is 14.6 Å². The van der Waals surface area contributed by atoms with E-state index < -0.39 is 11.8 Å². The van der Waals surface area contributed by atoms with Crippen LogP contribution in [0.25, 0.3) is 10.9 Å². The maximum Gasteiger partial charge on any atom is 0.313 e. The van der Waals surface area contributed by atoms with E-state index in [1.54, 1.807) is 40.0 Å². The minimum absolute atomic E-state index is 0.0120. The Kier molecular flexibility index (Phi) is 6.47. The van der Waals surface area contributed by atoms with Gasteiger partial charge in [-0.15, -0.1) is 0 Å². The molecule has 5 rings (SSSR count). The van der Waals surface area contributed by atoms with Gasteiger partial charge in [0.25, 0.3) is 5.56 Å². The minimum Gasteiger partial charge on any atom is -0.467 e. The van der Waals surface area contributed by atoms with Crippen molar-refractivity contribution in [2.45, 2.75) is 76.9 Å². The summed E-state index contributed by atoms with van der Waals surface area (Å²) in [5.41, 5.74) is 0.940. The Labute approximate surface area is 198 Å². The van der Waals surface area contributed by atoms with Crippen LogP contribution in [-0.4, -0.2) is 32.3 Å². The first-order valence-corrected chi connectivity index (χ1v) is 12.3. The second kappa shape index (κ2) is 9.83. The number of nitrogens with zero attached hydrogens (tertiary/aromatic N) is 3. The molecule has 1 aliphatic heterocycles. The van der Waals surface area contributed by atoms with Crippen LogP contribution in [0.5, 0.6) is 0 Å². The molecule has 1 N–H and O–H groups in total. The molecule has 3 heterocycles. The van der Waals surface area contributed by atoms with Crippen LogP contribution in [0.2, 0.25) is 0 Å². The van der Waals surface area contributed by atoms with E-state index in [0.717, 1.165) is 63.6 Å². The summed E-state index contributed by atoms with van der Waals surface area (Å²) in [6, 6.07) is 8.67. The number of rotatable bonds is 4. The Bertz CT molecular complexity index is 1240. The fourth-order valence-corrected chi connectivity index (χ4v) is 5.14. The topological polar surface area (TPSA) is 97.4 Å². The molecule has 1 saturated carbocycles. The number of hydrogen-bond acceptors (Lipinski definition) is 5. The zero-order chi connectivity index (χ0) is 23.5. The summed E-state index contributed by atoms with van der Waals surface area (Å²) >= 11 is 0. The van der Waals surface area contributed by atoms with Crippen LogP contribution in [0.3, 0.4) is 0 Å². The average Bonchev–Trinajstić information content (AvgIpc) is 3.26. The quantitative estimate of drug-likeness (QED) is 0.591. The molecule has 0 atom stereocenters. The molecule has 2 aromatic heterocycles. The van der Waals surface area contributed by atoms with Gasteiger partial charge in [0.2, 0.25) is 0 Å². The molecule has 1 fully saturated rings. The second-order valence-electron chi connectivity index (χ2n) is 9.29. The van der Waals surface area contributed by atoms with E-state index >= 15 is 0 Å². The van der Waals surface area contributed by atoms with Crippen LogP contribution < -0.4 is 10.9 Å². The van der Waals surface area contributed by atoms with Crippen LogP contribution in [-0.2, 0) is 29.1 Å². The number of carbonyl (C=O) groups excluding carboxylic acids is 2. The SMILES string of the molecule is O=C(Nc1ccc2nc3n(c(=O)c2c1)CCCCC3)C(=O)N(Cc1ccco1)C1CCCCC1. The zero-order valence-electron chi connectivity index (χ0n) is 19.3. The van der Waals surface area contributed by atoms with Gasteiger partial charge in [0.05, 0.1) is 23.7 Å². The molecule has 8 heteroatoms. The molecule has 0 unspecified atom stereocenters. The van der Waals surface area contributed by atoms with Gasteiger partial charge in [-0.1, -0.05) is 25.7 Å². The summed E-state index contributed by atoms with van der Waals surface area (Å²) in [7, 11) is 0. The highest BCUT2D eigenvalue weighted by molar-refractivity contribution is 6.39. The third kappa shape index (κ3) is 4.62. The molecule has 2 aliphatic rings. The Morgan fingerprint density at radius 2 is 1.91 bits per heavy atom. The van der Waals surface area contributed by atoms with Crippen molar-refractivity contribution in [2.24, 2.45) is 0 Å². The highest BCUT2D eigenvalue weighted by atomic mass is 16.3. The fraction of sp³-hybridized carbons (Fsp3) is 0.462. The Morgan fingerprint density at radius 3 is 2.71 bits per heavy atom. The maximum atomic E-state index is 13.2. The lowest BCUT2D eigenvalue weighted by atomic mass is 9.94. The van der Waals surface area contributed by atoms with Crippen molar-refractivity contribution >= 4 is 28.4 Å². The molecule has 1 aliphatic carbocycles. The predicted molar refractivity (Wildman–Crippen MR) is 128 cm³/mol. The Hall–Kier alpha value is -3.42. The van der Waals surface area contributed by atoms with Gasteiger partial charge >= 0.3 is 11.8 Å². The first-order valence-electron chi connectivity index (χ1n) is 12.3. The van der Waals surface area contributed by atoms with Crippen molar-refractivity contribution in [3.8, 4) is 0 Å². The fourth-order valence-electron chi connectivity index (χ4n) is 5.14.